The van der Waals surface area contributed by atoms with Crippen molar-refractivity contribution in [2.75, 3.05) is 58.4 Å². The van der Waals surface area contributed by atoms with E-state index in [9.17, 15) is 0 Å². The lowest BCUT2D eigenvalue weighted by molar-refractivity contribution is 0.121. The highest BCUT2D eigenvalue weighted by atomic mass is 32.2. The van der Waals surface area contributed by atoms with Gasteiger partial charge in [-0.2, -0.15) is 11.8 Å². The molecule has 96 valence electrons. The molecule has 1 heterocycles. The predicted octanol–water partition coefficient (Wildman–Crippen LogP) is 1.30. The summed E-state index contributed by atoms with van der Waals surface area (Å²) in [7, 11) is 2.22. The molecule has 0 spiro atoms. The van der Waals surface area contributed by atoms with Crippen molar-refractivity contribution in [1.29, 1.82) is 0 Å². The molecular formula is C12H26N2OS. The molecule has 0 aliphatic carbocycles. The molecule has 4 heteroatoms. The molecule has 1 aliphatic heterocycles. The molecule has 1 aliphatic rings. The Kier molecular flexibility index (Phi) is 6.73. The van der Waals surface area contributed by atoms with Gasteiger partial charge in [-0.1, -0.05) is 6.92 Å². The summed E-state index contributed by atoms with van der Waals surface area (Å²) in [6.45, 7) is 8.49. The summed E-state index contributed by atoms with van der Waals surface area (Å²) >= 11 is 1.92. The van der Waals surface area contributed by atoms with Gasteiger partial charge in [0.1, 0.15) is 0 Å². The highest BCUT2D eigenvalue weighted by Gasteiger charge is 2.35. The van der Waals surface area contributed by atoms with E-state index in [1.807, 2.05) is 11.8 Å². The molecule has 0 amide bonds. The molecule has 0 aromatic heterocycles. The van der Waals surface area contributed by atoms with Gasteiger partial charge in [0, 0.05) is 37.4 Å². The van der Waals surface area contributed by atoms with Gasteiger partial charge in [-0.15, -0.1) is 0 Å². The van der Waals surface area contributed by atoms with Crippen LogP contribution in [0.15, 0.2) is 0 Å². The normalized spacial score (nSPS) is 25.5. The second-order valence-electron chi connectivity index (χ2n) is 4.81. The van der Waals surface area contributed by atoms with Crippen LogP contribution in [0, 0.1) is 5.41 Å². The lowest BCUT2D eigenvalue weighted by Crippen LogP contribution is -2.44. The van der Waals surface area contributed by atoms with Gasteiger partial charge >= 0.3 is 0 Å². The highest BCUT2D eigenvalue weighted by molar-refractivity contribution is 7.98. The van der Waals surface area contributed by atoms with E-state index in [2.05, 4.69) is 30.4 Å². The van der Waals surface area contributed by atoms with Crippen molar-refractivity contribution in [2.24, 2.45) is 5.41 Å². The minimum atomic E-state index is 0.350. The fourth-order valence-corrected chi connectivity index (χ4v) is 2.75. The number of hydrogen-bond donors (Lipinski definition) is 1. The van der Waals surface area contributed by atoms with Crippen LogP contribution >= 0.6 is 11.8 Å². The Morgan fingerprint density at radius 1 is 1.50 bits per heavy atom. The van der Waals surface area contributed by atoms with Crippen LogP contribution < -0.4 is 5.32 Å². The summed E-state index contributed by atoms with van der Waals surface area (Å²) in [6.07, 6.45) is 3.37. The molecule has 0 aromatic carbocycles. The van der Waals surface area contributed by atoms with Crippen molar-refractivity contribution < 1.29 is 4.74 Å². The Balaban J connectivity index is 2.37. The first kappa shape index (κ1) is 14.3. The summed E-state index contributed by atoms with van der Waals surface area (Å²) in [5.74, 6) is 1.22. The van der Waals surface area contributed by atoms with Crippen LogP contribution in [0.1, 0.15) is 13.3 Å². The molecular weight excluding hydrogens is 220 g/mol. The van der Waals surface area contributed by atoms with Crippen molar-refractivity contribution in [3.8, 4) is 0 Å². The summed E-state index contributed by atoms with van der Waals surface area (Å²) in [6, 6.07) is 0. The van der Waals surface area contributed by atoms with Crippen LogP contribution in [0.2, 0.25) is 0 Å². The van der Waals surface area contributed by atoms with Crippen molar-refractivity contribution >= 4 is 11.8 Å². The minimum absolute atomic E-state index is 0.350. The van der Waals surface area contributed by atoms with E-state index in [4.69, 9.17) is 4.74 Å². The smallest absolute Gasteiger partial charge is 0.0547 e. The second-order valence-corrected chi connectivity index (χ2v) is 5.80. The van der Waals surface area contributed by atoms with Crippen LogP contribution in [0.5, 0.6) is 0 Å². The Morgan fingerprint density at radius 3 is 2.88 bits per heavy atom. The number of nitrogens with zero attached hydrogens (tertiary/aromatic N) is 1. The van der Waals surface area contributed by atoms with Crippen LogP contribution in [0.3, 0.4) is 0 Å². The van der Waals surface area contributed by atoms with Gasteiger partial charge in [0.05, 0.1) is 6.61 Å². The molecule has 16 heavy (non-hydrogen) atoms. The van der Waals surface area contributed by atoms with Crippen molar-refractivity contribution in [3.05, 3.63) is 0 Å². The molecule has 1 rings (SSSR count). The van der Waals surface area contributed by atoms with Crippen molar-refractivity contribution in [1.82, 2.24) is 10.2 Å². The maximum absolute atomic E-state index is 5.59. The SMILES string of the molecule is CCNCC1(CN(C)CCSC)CCOC1. The lowest BCUT2D eigenvalue weighted by atomic mass is 9.86. The van der Waals surface area contributed by atoms with E-state index in [1.54, 1.807) is 0 Å². The summed E-state index contributed by atoms with van der Waals surface area (Å²) in [5, 5.41) is 3.48. The zero-order chi connectivity index (χ0) is 11.9. The molecule has 0 radical (unpaired) electrons. The molecule has 0 saturated carbocycles. The fourth-order valence-electron chi connectivity index (χ4n) is 2.26. The Bertz CT molecular complexity index is 184. The predicted molar refractivity (Wildman–Crippen MR) is 72.3 cm³/mol. The average Bonchev–Trinajstić information content (AvgIpc) is 2.72. The van der Waals surface area contributed by atoms with Gasteiger partial charge in [0.25, 0.3) is 0 Å². The number of ether oxygens (including phenoxy) is 1. The molecule has 3 nitrogen and oxygen atoms in total. The maximum atomic E-state index is 5.59. The van der Waals surface area contributed by atoms with E-state index in [-0.39, 0.29) is 0 Å². The van der Waals surface area contributed by atoms with E-state index in [0.29, 0.717) is 5.41 Å². The third kappa shape index (κ3) is 4.62. The average molecular weight is 246 g/mol. The lowest BCUT2D eigenvalue weighted by Gasteiger charge is -2.32. The Labute approximate surface area is 104 Å². The van der Waals surface area contributed by atoms with Crippen LogP contribution in [0.25, 0.3) is 0 Å². The molecule has 1 atom stereocenters. The highest BCUT2D eigenvalue weighted by Crippen LogP contribution is 2.28. The van der Waals surface area contributed by atoms with Gasteiger partial charge in [-0.05, 0) is 26.3 Å². The van der Waals surface area contributed by atoms with Gasteiger partial charge in [-0.3, -0.25) is 0 Å². The van der Waals surface area contributed by atoms with Crippen molar-refractivity contribution in [2.45, 2.75) is 13.3 Å². The third-order valence-electron chi connectivity index (χ3n) is 3.22. The largest absolute Gasteiger partial charge is 0.381 e. The fraction of sp³-hybridized carbons (Fsp3) is 1.00. The van der Waals surface area contributed by atoms with E-state index >= 15 is 0 Å². The number of nitrogens with one attached hydrogen (secondary N) is 1. The maximum Gasteiger partial charge on any atom is 0.0547 e. The van der Waals surface area contributed by atoms with E-state index in [1.165, 1.54) is 18.7 Å². The van der Waals surface area contributed by atoms with Gasteiger partial charge in [0.15, 0.2) is 0 Å². The number of rotatable bonds is 8. The second kappa shape index (κ2) is 7.54. The quantitative estimate of drug-likeness (QED) is 0.698. The number of hydrogen-bond acceptors (Lipinski definition) is 4. The Morgan fingerprint density at radius 2 is 2.31 bits per heavy atom. The molecule has 1 unspecified atom stereocenters. The third-order valence-corrected chi connectivity index (χ3v) is 3.81. The first-order chi connectivity index (χ1) is 7.72. The van der Waals surface area contributed by atoms with Crippen LogP contribution in [0.4, 0.5) is 0 Å². The Hall–Kier alpha value is 0.230. The summed E-state index contributed by atoms with van der Waals surface area (Å²) < 4.78 is 5.59. The van der Waals surface area contributed by atoms with Crippen molar-refractivity contribution in [3.63, 3.8) is 0 Å². The zero-order valence-corrected chi connectivity index (χ0v) is 11.7. The summed E-state index contributed by atoms with van der Waals surface area (Å²) in [4.78, 5) is 2.45. The first-order valence-corrected chi connectivity index (χ1v) is 7.58. The molecule has 0 bridgehead atoms. The summed E-state index contributed by atoms with van der Waals surface area (Å²) in [5.41, 5.74) is 0.350. The monoisotopic (exact) mass is 246 g/mol. The molecule has 1 saturated heterocycles. The molecule has 1 N–H and O–H groups in total. The van der Waals surface area contributed by atoms with Crippen LogP contribution in [-0.4, -0.2) is 63.3 Å². The standard InChI is InChI=1S/C12H26N2OS/c1-4-13-9-12(5-7-15-11-12)10-14(2)6-8-16-3/h13H,4-11H2,1-3H3. The van der Waals surface area contributed by atoms with Gasteiger partial charge in [-0.25, -0.2) is 0 Å². The minimum Gasteiger partial charge on any atom is -0.381 e. The molecule has 0 aromatic rings. The zero-order valence-electron chi connectivity index (χ0n) is 10.9. The van der Waals surface area contributed by atoms with Gasteiger partial charge in [0.2, 0.25) is 0 Å². The number of thioether (sulfide) groups is 1. The van der Waals surface area contributed by atoms with Crippen LogP contribution in [-0.2, 0) is 4.74 Å². The topological polar surface area (TPSA) is 24.5 Å². The van der Waals surface area contributed by atoms with E-state index in [0.717, 1.165) is 32.8 Å². The van der Waals surface area contributed by atoms with E-state index < -0.39 is 0 Å². The molecule has 1 fully saturated rings. The van der Waals surface area contributed by atoms with Gasteiger partial charge < -0.3 is 15.0 Å². The first-order valence-electron chi connectivity index (χ1n) is 6.18.